The molecule has 112 valence electrons. The molecule has 0 amide bonds. The van der Waals surface area contributed by atoms with Crippen molar-refractivity contribution in [1.29, 1.82) is 0 Å². The summed E-state index contributed by atoms with van der Waals surface area (Å²) in [6, 6.07) is 2.02. The van der Waals surface area contributed by atoms with Crippen molar-refractivity contribution in [2.24, 2.45) is 0 Å². The fourth-order valence-electron chi connectivity index (χ4n) is 1.88. The van der Waals surface area contributed by atoms with Crippen LogP contribution in [0.3, 0.4) is 0 Å². The highest BCUT2D eigenvalue weighted by atomic mass is 32.2. The minimum atomic E-state index is -3.65. The molecule has 0 aliphatic carbocycles. The minimum absolute atomic E-state index is 0.143. The summed E-state index contributed by atoms with van der Waals surface area (Å²) >= 11 is 0. The topological polar surface area (TPSA) is 64.6 Å². The average Bonchev–Trinajstić information content (AvgIpc) is 2.86. The Morgan fingerprint density at radius 1 is 1.30 bits per heavy atom. The van der Waals surface area contributed by atoms with Gasteiger partial charge in [-0.05, 0) is 18.6 Å². The molecule has 0 radical (unpaired) electrons. The third kappa shape index (κ3) is 3.25. The first-order valence-electron chi connectivity index (χ1n) is 6.16. The molecule has 0 saturated carbocycles. The van der Waals surface area contributed by atoms with Crippen molar-refractivity contribution >= 4 is 15.7 Å². The van der Waals surface area contributed by atoms with Crippen LogP contribution < -0.4 is 4.72 Å². The zero-order valence-electron chi connectivity index (χ0n) is 10.9. The van der Waals surface area contributed by atoms with Crippen LogP contribution in [0.5, 0.6) is 0 Å². The third-order valence-electron chi connectivity index (χ3n) is 2.72. The zero-order valence-corrected chi connectivity index (χ0v) is 11.7. The Morgan fingerprint density at radius 3 is 2.55 bits per heavy atom. The predicted octanol–water partition coefficient (Wildman–Crippen LogP) is 2.16. The Labute approximate surface area is 115 Å². The van der Waals surface area contributed by atoms with Crippen LogP contribution in [-0.4, -0.2) is 27.4 Å². The molecule has 1 heterocycles. The summed E-state index contributed by atoms with van der Waals surface area (Å²) in [6.45, 7) is 2.15. The highest BCUT2D eigenvalue weighted by Crippen LogP contribution is 2.32. The van der Waals surface area contributed by atoms with Crippen LogP contribution in [0.2, 0.25) is 0 Å². The van der Waals surface area contributed by atoms with Crippen LogP contribution in [0.1, 0.15) is 25.2 Å². The quantitative estimate of drug-likeness (QED) is 0.905. The van der Waals surface area contributed by atoms with Crippen molar-refractivity contribution in [3.63, 3.8) is 0 Å². The lowest BCUT2D eigenvalue weighted by Gasteiger charge is -2.15. The van der Waals surface area contributed by atoms with Crippen molar-refractivity contribution in [3.8, 4) is 0 Å². The second-order valence-corrected chi connectivity index (χ2v) is 6.16. The van der Waals surface area contributed by atoms with E-state index in [1.54, 1.807) is 6.92 Å². The molecule has 8 heteroatoms. The Morgan fingerprint density at radius 2 is 1.95 bits per heavy atom. The molecule has 0 bridgehead atoms. The number of anilines is 1. The van der Waals surface area contributed by atoms with Crippen molar-refractivity contribution in [2.75, 3.05) is 23.7 Å². The second-order valence-electron chi connectivity index (χ2n) is 4.32. The largest absolute Gasteiger partial charge is 0.346 e. The highest BCUT2D eigenvalue weighted by molar-refractivity contribution is 7.92. The fourth-order valence-corrected chi connectivity index (χ4v) is 3.01. The van der Waals surface area contributed by atoms with E-state index in [9.17, 15) is 17.2 Å². The van der Waals surface area contributed by atoms with Crippen molar-refractivity contribution in [2.45, 2.75) is 19.6 Å². The number of benzene rings is 1. The molecule has 0 unspecified atom stereocenters. The van der Waals surface area contributed by atoms with Gasteiger partial charge in [-0.1, -0.05) is 6.92 Å². The van der Waals surface area contributed by atoms with E-state index in [1.807, 2.05) is 0 Å². The molecule has 2 rings (SSSR count). The number of ether oxygens (including phenoxy) is 2. The Bertz CT molecular complexity index is 585. The van der Waals surface area contributed by atoms with Gasteiger partial charge in [0.1, 0.15) is 5.82 Å². The number of hydrogen-bond donors (Lipinski definition) is 1. The van der Waals surface area contributed by atoms with Crippen LogP contribution in [0.15, 0.2) is 12.1 Å². The van der Waals surface area contributed by atoms with E-state index in [1.165, 1.54) is 0 Å². The molecule has 1 aromatic carbocycles. The lowest BCUT2D eigenvalue weighted by molar-refractivity contribution is -0.0488. The molecular formula is C12H15F2NO4S. The predicted molar refractivity (Wildman–Crippen MR) is 68.7 cm³/mol. The highest BCUT2D eigenvalue weighted by Gasteiger charge is 2.28. The van der Waals surface area contributed by atoms with E-state index >= 15 is 0 Å². The van der Waals surface area contributed by atoms with Crippen molar-refractivity contribution < 1.29 is 26.7 Å². The van der Waals surface area contributed by atoms with E-state index < -0.39 is 33.5 Å². The minimum Gasteiger partial charge on any atom is -0.346 e. The summed E-state index contributed by atoms with van der Waals surface area (Å²) < 4.78 is 63.4. The average molecular weight is 307 g/mol. The molecule has 1 fully saturated rings. The van der Waals surface area contributed by atoms with Gasteiger partial charge in [0.25, 0.3) is 0 Å². The monoisotopic (exact) mass is 307 g/mol. The number of hydrogen-bond acceptors (Lipinski definition) is 4. The molecule has 1 aliphatic rings. The number of rotatable bonds is 5. The van der Waals surface area contributed by atoms with Gasteiger partial charge in [0.05, 0.1) is 30.2 Å². The lowest BCUT2D eigenvalue weighted by Crippen LogP contribution is -2.18. The summed E-state index contributed by atoms with van der Waals surface area (Å²) in [5.41, 5.74) is -0.729. The standard InChI is InChI=1S/C12H15F2NO4S/c1-2-7-20(16,17)15-9-4-3-8(13)10(11(9)14)12-18-5-6-19-12/h3-4,12,15H,2,5-7H2,1H3. The number of nitrogens with one attached hydrogen (secondary N) is 1. The third-order valence-corrected chi connectivity index (χ3v) is 4.20. The zero-order chi connectivity index (χ0) is 14.8. The first-order chi connectivity index (χ1) is 9.44. The van der Waals surface area contributed by atoms with Crippen molar-refractivity contribution in [3.05, 3.63) is 29.3 Å². The van der Waals surface area contributed by atoms with Gasteiger partial charge in [-0.3, -0.25) is 4.72 Å². The van der Waals surface area contributed by atoms with Gasteiger partial charge < -0.3 is 9.47 Å². The van der Waals surface area contributed by atoms with Crippen LogP contribution in [0.4, 0.5) is 14.5 Å². The van der Waals surface area contributed by atoms with Crippen LogP contribution in [-0.2, 0) is 19.5 Å². The van der Waals surface area contributed by atoms with Crippen molar-refractivity contribution in [1.82, 2.24) is 0 Å². The molecule has 0 aromatic heterocycles. The van der Waals surface area contributed by atoms with Gasteiger partial charge in [-0.2, -0.15) is 0 Å². The normalized spacial score (nSPS) is 16.6. The molecule has 1 saturated heterocycles. The summed E-state index contributed by atoms with van der Waals surface area (Å²) in [5.74, 6) is -2.00. The van der Waals surface area contributed by atoms with Crippen LogP contribution in [0, 0.1) is 11.6 Å². The summed E-state index contributed by atoms with van der Waals surface area (Å²) in [5, 5.41) is 0. The van der Waals surface area contributed by atoms with E-state index in [4.69, 9.17) is 9.47 Å². The van der Waals surface area contributed by atoms with Crippen LogP contribution in [0.25, 0.3) is 0 Å². The van der Waals surface area contributed by atoms with E-state index in [-0.39, 0.29) is 24.7 Å². The molecule has 1 N–H and O–H groups in total. The molecular weight excluding hydrogens is 292 g/mol. The Hall–Kier alpha value is -1.25. The van der Waals surface area contributed by atoms with Gasteiger partial charge in [-0.25, -0.2) is 17.2 Å². The van der Waals surface area contributed by atoms with Crippen LogP contribution >= 0.6 is 0 Å². The van der Waals surface area contributed by atoms with Gasteiger partial charge >= 0.3 is 0 Å². The maximum absolute atomic E-state index is 14.2. The Balaban J connectivity index is 2.33. The number of sulfonamides is 1. The first-order valence-corrected chi connectivity index (χ1v) is 7.81. The summed E-state index contributed by atoms with van der Waals surface area (Å²) in [7, 11) is -3.65. The van der Waals surface area contributed by atoms with Gasteiger partial charge in [0.15, 0.2) is 12.1 Å². The summed E-state index contributed by atoms with van der Waals surface area (Å²) in [4.78, 5) is 0. The molecule has 1 aromatic rings. The molecule has 5 nitrogen and oxygen atoms in total. The Kier molecular flexibility index (Phi) is 4.56. The molecule has 0 spiro atoms. The fraction of sp³-hybridized carbons (Fsp3) is 0.500. The van der Waals surface area contributed by atoms with E-state index in [0.29, 0.717) is 6.42 Å². The van der Waals surface area contributed by atoms with Gasteiger partial charge in [0, 0.05) is 0 Å². The molecule has 0 atom stereocenters. The van der Waals surface area contributed by atoms with E-state index in [0.717, 1.165) is 12.1 Å². The van der Waals surface area contributed by atoms with Gasteiger partial charge in [0.2, 0.25) is 10.0 Å². The maximum Gasteiger partial charge on any atom is 0.232 e. The second kappa shape index (κ2) is 6.02. The molecule has 1 aliphatic heterocycles. The summed E-state index contributed by atoms with van der Waals surface area (Å²) in [6.07, 6.45) is -0.759. The maximum atomic E-state index is 14.2. The SMILES string of the molecule is CCCS(=O)(=O)Nc1ccc(F)c(C2OCCO2)c1F. The smallest absolute Gasteiger partial charge is 0.232 e. The van der Waals surface area contributed by atoms with E-state index in [2.05, 4.69) is 4.72 Å². The van der Waals surface area contributed by atoms with Gasteiger partial charge in [-0.15, -0.1) is 0 Å². The first kappa shape index (κ1) is 15.1. The number of halogens is 2. The molecule has 20 heavy (non-hydrogen) atoms. The lowest BCUT2D eigenvalue weighted by atomic mass is 10.1.